The summed E-state index contributed by atoms with van der Waals surface area (Å²) in [6.45, 7) is 0. The predicted octanol–water partition coefficient (Wildman–Crippen LogP) is 5.49. The molecular weight excluding hydrogens is 452 g/mol. The molecule has 0 radical (unpaired) electrons. The third-order valence-corrected chi connectivity index (χ3v) is 4.77. The summed E-state index contributed by atoms with van der Waals surface area (Å²) in [6.07, 6.45) is -3.58. The third kappa shape index (κ3) is 4.09. The highest BCUT2D eigenvalue weighted by atomic mass is 35.5. The van der Waals surface area contributed by atoms with E-state index in [0.29, 0.717) is 5.75 Å². The zero-order valence-electron chi connectivity index (χ0n) is 16.2. The molecule has 0 spiro atoms. The van der Waals surface area contributed by atoms with Crippen molar-refractivity contribution in [1.82, 2.24) is 14.5 Å². The van der Waals surface area contributed by atoms with Crippen LogP contribution in [0.3, 0.4) is 0 Å². The van der Waals surface area contributed by atoms with E-state index in [1.165, 1.54) is 49.6 Å². The van der Waals surface area contributed by atoms with E-state index in [1.54, 1.807) is 0 Å². The summed E-state index contributed by atoms with van der Waals surface area (Å²) in [5.41, 5.74) is 0.0991. The lowest BCUT2D eigenvalue weighted by Crippen LogP contribution is -2.16. The van der Waals surface area contributed by atoms with E-state index in [-0.39, 0.29) is 33.1 Å². The summed E-state index contributed by atoms with van der Waals surface area (Å²) in [4.78, 5) is 20.0. The molecule has 32 heavy (non-hydrogen) atoms. The van der Waals surface area contributed by atoms with Crippen molar-refractivity contribution in [2.45, 2.75) is 6.18 Å². The van der Waals surface area contributed by atoms with Gasteiger partial charge in [-0.25, -0.2) is 14.4 Å². The van der Waals surface area contributed by atoms with Crippen molar-refractivity contribution >= 4 is 34.4 Å². The average molecular weight is 465 g/mol. The molecule has 0 saturated carbocycles. The number of imidazole rings is 1. The van der Waals surface area contributed by atoms with E-state index in [2.05, 4.69) is 15.3 Å². The van der Waals surface area contributed by atoms with Gasteiger partial charge in [0, 0.05) is 11.1 Å². The van der Waals surface area contributed by atoms with Crippen LogP contribution in [0.2, 0.25) is 5.02 Å². The molecule has 0 unspecified atom stereocenters. The topological polar surface area (TPSA) is 69.0 Å². The van der Waals surface area contributed by atoms with Gasteiger partial charge in [-0.15, -0.1) is 0 Å². The Balaban J connectivity index is 1.69. The Morgan fingerprint density at radius 1 is 1.12 bits per heavy atom. The smallest absolute Gasteiger partial charge is 0.450 e. The number of methoxy groups -OCH3 is 1. The van der Waals surface area contributed by atoms with Crippen molar-refractivity contribution in [3.05, 3.63) is 77.0 Å². The molecule has 6 nitrogen and oxygen atoms in total. The minimum absolute atomic E-state index is 0.0211. The number of halogens is 5. The third-order valence-electron chi connectivity index (χ3n) is 4.54. The largest absolute Gasteiger partial charge is 0.497 e. The summed E-state index contributed by atoms with van der Waals surface area (Å²) in [5, 5.41) is 2.52. The Bertz CT molecular complexity index is 1320. The number of ether oxygens (including phenoxy) is 1. The second-order valence-electron chi connectivity index (χ2n) is 6.60. The number of rotatable bonds is 4. The van der Waals surface area contributed by atoms with Gasteiger partial charge in [0.2, 0.25) is 5.82 Å². The molecule has 0 aliphatic rings. The van der Waals surface area contributed by atoms with Gasteiger partial charge < -0.3 is 10.1 Å². The lowest BCUT2D eigenvalue weighted by Gasteiger charge is -2.12. The molecule has 4 rings (SSSR count). The molecule has 4 aromatic rings. The van der Waals surface area contributed by atoms with Gasteiger partial charge >= 0.3 is 6.18 Å². The normalized spacial score (nSPS) is 11.6. The van der Waals surface area contributed by atoms with Gasteiger partial charge in [0.05, 0.1) is 35.6 Å². The summed E-state index contributed by atoms with van der Waals surface area (Å²) in [7, 11) is 1.40. The molecule has 1 N–H and O–H groups in total. The number of carbonyl (C=O) groups is 1. The zero-order valence-corrected chi connectivity index (χ0v) is 17.0. The van der Waals surface area contributed by atoms with E-state index < -0.39 is 23.7 Å². The number of aromatic nitrogens is 3. The van der Waals surface area contributed by atoms with Crippen LogP contribution in [0.25, 0.3) is 16.7 Å². The molecule has 2 heterocycles. The summed E-state index contributed by atoms with van der Waals surface area (Å²) >= 11 is 5.67. The predicted molar refractivity (Wildman–Crippen MR) is 110 cm³/mol. The number of carbonyl (C=O) groups excluding carboxylic acids is 1. The second kappa shape index (κ2) is 8.12. The number of hydrogen-bond acceptors (Lipinski definition) is 4. The standard InChI is InChI=1S/C21H13ClF4N4O2/c1-32-13-4-6-17-16(9-13)28-20(21(24,25)26)30(17)12-3-7-18(27-10-12)29-19(31)14-5-2-11(22)8-15(14)23/h2-10H,1H3,(H,27,29,31). The molecule has 1 amide bonds. The first-order valence-corrected chi connectivity index (χ1v) is 9.41. The minimum Gasteiger partial charge on any atom is -0.497 e. The van der Waals surface area contributed by atoms with E-state index >= 15 is 0 Å². The summed E-state index contributed by atoms with van der Waals surface area (Å²) < 4.78 is 60.7. The number of benzene rings is 2. The maximum Gasteiger partial charge on any atom is 0.450 e. The van der Waals surface area contributed by atoms with Crippen LogP contribution in [0.5, 0.6) is 5.75 Å². The summed E-state index contributed by atoms with van der Waals surface area (Å²) in [6, 6.07) is 10.6. The number of nitrogens with zero attached hydrogens (tertiary/aromatic N) is 3. The monoisotopic (exact) mass is 464 g/mol. The lowest BCUT2D eigenvalue weighted by atomic mass is 10.2. The van der Waals surface area contributed by atoms with Crippen molar-refractivity contribution in [3.63, 3.8) is 0 Å². The van der Waals surface area contributed by atoms with Gasteiger partial charge in [-0.2, -0.15) is 13.2 Å². The SMILES string of the molecule is COc1ccc2c(c1)nc(C(F)(F)F)n2-c1ccc(NC(=O)c2ccc(Cl)cc2F)nc1. The number of pyridine rings is 1. The van der Waals surface area contributed by atoms with Crippen molar-refractivity contribution < 1.29 is 27.1 Å². The molecule has 0 aliphatic heterocycles. The van der Waals surface area contributed by atoms with Crippen LogP contribution in [0.1, 0.15) is 16.2 Å². The van der Waals surface area contributed by atoms with Gasteiger partial charge in [0.15, 0.2) is 0 Å². The highest BCUT2D eigenvalue weighted by Gasteiger charge is 2.38. The molecule has 11 heteroatoms. The number of hydrogen-bond donors (Lipinski definition) is 1. The molecular formula is C21H13ClF4N4O2. The maximum atomic E-state index is 13.9. The van der Waals surface area contributed by atoms with Crippen LogP contribution < -0.4 is 10.1 Å². The van der Waals surface area contributed by atoms with Crippen LogP contribution in [0, 0.1) is 5.82 Å². The van der Waals surface area contributed by atoms with Crippen LogP contribution in [-0.2, 0) is 6.18 Å². The van der Waals surface area contributed by atoms with Crippen molar-refractivity contribution in [2.75, 3.05) is 12.4 Å². The van der Waals surface area contributed by atoms with Gasteiger partial charge in [-0.05, 0) is 42.5 Å². The van der Waals surface area contributed by atoms with Crippen LogP contribution >= 0.6 is 11.6 Å². The van der Waals surface area contributed by atoms with Crippen LogP contribution in [-0.4, -0.2) is 27.6 Å². The second-order valence-corrected chi connectivity index (χ2v) is 7.04. The zero-order chi connectivity index (χ0) is 23.0. The fourth-order valence-electron chi connectivity index (χ4n) is 3.09. The highest BCUT2D eigenvalue weighted by molar-refractivity contribution is 6.30. The molecule has 0 aliphatic carbocycles. The lowest BCUT2D eigenvalue weighted by molar-refractivity contribution is -0.145. The van der Waals surface area contributed by atoms with E-state index in [0.717, 1.165) is 16.8 Å². The number of alkyl halides is 3. The Labute approximate surface area is 183 Å². The van der Waals surface area contributed by atoms with E-state index in [4.69, 9.17) is 16.3 Å². The van der Waals surface area contributed by atoms with Crippen molar-refractivity contribution in [3.8, 4) is 11.4 Å². The molecule has 0 atom stereocenters. The number of nitrogens with one attached hydrogen (secondary N) is 1. The maximum absolute atomic E-state index is 13.9. The van der Waals surface area contributed by atoms with Gasteiger partial charge in [-0.3, -0.25) is 9.36 Å². The Morgan fingerprint density at radius 2 is 1.91 bits per heavy atom. The molecule has 2 aromatic carbocycles. The van der Waals surface area contributed by atoms with Crippen molar-refractivity contribution in [1.29, 1.82) is 0 Å². The molecule has 2 aromatic heterocycles. The fourth-order valence-corrected chi connectivity index (χ4v) is 3.25. The molecule has 0 saturated heterocycles. The Kier molecular flexibility index (Phi) is 5.47. The first-order valence-electron chi connectivity index (χ1n) is 9.04. The van der Waals surface area contributed by atoms with Crippen LogP contribution in [0.15, 0.2) is 54.7 Å². The van der Waals surface area contributed by atoms with Crippen LogP contribution in [0.4, 0.5) is 23.4 Å². The molecule has 164 valence electrons. The number of anilines is 1. The Hall–Kier alpha value is -3.66. The van der Waals surface area contributed by atoms with Gasteiger partial charge in [-0.1, -0.05) is 11.6 Å². The van der Waals surface area contributed by atoms with E-state index in [1.807, 2.05) is 0 Å². The summed E-state index contributed by atoms with van der Waals surface area (Å²) in [5.74, 6) is -2.35. The Morgan fingerprint density at radius 3 is 2.53 bits per heavy atom. The first kappa shape index (κ1) is 21.6. The quantitative estimate of drug-likeness (QED) is 0.405. The first-order chi connectivity index (χ1) is 15.2. The van der Waals surface area contributed by atoms with E-state index in [9.17, 15) is 22.4 Å². The number of amides is 1. The fraction of sp³-hybridized carbons (Fsp3) is 0.0952. The molecule has 0 bridgehead atoms. The average Bonchev–Trinajstić information content (AvgIpc) is 3.13. The molecule has 0 fully saturated rings. The van der Waals surface area contributed by atoms with Gasteiger partial charge in [0.25, 0.3) is 5.91 Å². The van der Waals surface area contributed by atoms with Crippen molar-refractivity contribution in [2.24, 2.45) is 0 Å². The number of fused-ring (bicyclic) bond motifs is 1. The van der Waals surface area contributed by atoms with Gasteiger partial charge in [0.1, 0.15) is 17.4 Å². The minimum atomic E-state index is -4.73. The highest BCUT2D eigenvalue weighted by Crippen LogP contribution is 2.34.